The summed E-state index contributed by atoms with van der Waals surface area (Å²) in [5.74, 6) is -0.484. The molecule has 1 aromatic heterocycles. The number of aromatic nitrogens is 1. The Bertz CT molecular complexity index is 817. The van der Waals surface area contributed by atoms with E-state index in [0.717, 1.165) is 0 Å². The SMILES string of the molecule is Nc1onc(-c2cccc(Cl)c2F)c1-c1cccc(Cl)c1. The molecular formula is C15H9Cl2FN2O. The lowest BCUT2D eigenvalue weighted by Crippen LogP contribution is -1.90. The molecule has 0 atom stereocenters. The van der Waals surface area contributed by atoms with Gasteiger partial charge < -0.3 is 10.3 Å². The van der Waals surface area contributed by atoms with Gasteiger partial charge in [-0.3, -0.25) is 0 Å². The maximum absolute atomic E-state index is 14.2. The van der Waals surface area contributed by atoms with Crippen molar-refractivity contribution in [3.05, 3.63) is 58.3 Å². The van der Waals surface area contributed by atoms with Crippen LogP contribution >= 0.6 is 23.2 Å². The van der Waals surface area contributed by atoms with Gasteiger partial charge in [0.05, 0.1) is 10.6 Å². The summed E-state index contributed by atoms with van der Waals surface area (Å²) in [6.45, 7) is 0. The molecule has 0 amide bonds. The molecule has 0 saturated carbocycles. The normalized spacial score (nSPS) is 10.8. The first-order chi connectivity index (χ1) is 10.1. The van der Waals surface area contributed by atoms with E-state index in [0.29, 0.717) is 16.1 Å². The van der Waals surface area contributed by atoms with E-state index >= 15 is 0 Å². The number of nitrogens with zero attached hydrogens (tertiary/aromatic N) is 1. The van der Waals surface area contributed by atoms with Gasteiger partial charge in [-0.15, -0.1) is 0 Å². The zero-order chi connectivity index (χ0) is 15.0. The highest BCUT2D eigenvalue weighted by Gasteiger charge is 2.21. The fourth-order valence-corrected chi connectivity index (χ4v) is 2.46. The molecule has 0 bridgehead atoms. The number of hydrogen-bond acceptors (Lipinski definition) is 3. The second-order valence-electron chi connectivity index (χ2n) is 4.38. The molecule has 3 aromatic rings. The zero-order valence-electron chi connectivity index (χ0n) is 10.6. The van der Waals surface area contributed by atoms with Crippen LogP contribution in [0.25, 0.3) is 22.4 Å². The molecule has 21 heavy (non-hydrogen) atoms. The average Bonchev–Trinajstić information content (AvgIpc) is 2.83. The fourth-order valence-electron chi connectivity index (χ4n) is 2.10. The van der Waals surface area contributed by atoms with Crippen LogP contribution in [0.3, 0.4) is 0 Å². The van der Waals surface area contributed by atoms with E-state index in [1.165, 1.54) is 6.07 Å². The van der Waals surface area contributed by atoms with E-state index in [1.807, 2.05) is 0 Å². The van der Waals surface area contributed by atoms with Gasteiger partial charge in [0.15, 0.2) is 5.82 Å². The monoisotopic (exact) mass is 322 g/mol. The van der Waals surface area contributed by atoms with Crippen LogP contribution in [0.15, 0.2) is 47.0 Å². The minimum atomic E-state index is -0.573. The van der Waals surface area contributed by atoms with Gasteiger partial charge in [-0.05, 0) is 29.8 Å². The van der Waals surface area contributed by atoms with Crippen molar-refractivity contribution in [2.45, 2.75) is 0 Å². The van der Waals surface area contributed by atoms with E-state index in [9.17, 15) is 4.39 Å². The number of rotatable bonds is 2. The Morgan fingerprint density at radius 3 is 2.62 bits per heavy atom. The predicted octanol–water partition coefficient (Wildman–Crippen LogP) is 5.04. The molecule has 0 radical (unpaired) electrons. The van der Waals surface area contributed by atoms with Crippen LogP contribution in [0.1, 0.15) is 0 Å². The van der Waals surface area contributed by atoms with Crippen LogP contribution in [0.2, 0.25) is 10.0 Å². The van der Waals surface area contributed by atoms with Gasteiger partial charge in [0.25, 0.3) is 0 Å². The number of anilines is 1. The Kier molecular flexibility index (Phi) is 3.57. The summed E-state index contributed by atoms with van der Waals surface area (Å²) in [5, 5.41) is 4.39. The van der Waals surface area contributed by atoms with Gasteiger partial charge >= 0.3 is 0 Å². The fraction of sp³-hybridized carbons (Fsp3) is 0. The number of nitrogen functional groups attached to an aromatic ring is 1. The number of nitrogens with two attached hydrogens (primary N) is 1. The van der Waals surface area contributed by atoms with Gasteiger partial charge in [0.1, 0.15) is 5.69 Å². The Morgan fingerprint density at radius 1 is 1.10 bits per heavy atom. The summed E-state index contributed by atoms with van der Waals surface area (Å²) < 4.78 is 19.2. The van der Waals surface area contributed by atoms with E-state index in [2.05, 4.69) is 5.16 Å². The first-order valence-corrected chi connectivity index (χ1v) is 6.79. The molecule has 0 fully saturated rings. The number of hydrogen-bond donors (Lipinski definition) is 1. The Labute approximate surface area is 130 Å². The second kappa shape index (κ2) is 5.39. The summed E-state index contributed by atoms with van der Waals surface area (Å²) in [6.07, 6.45) is 0. The molecule has 3 nitrogen and oxygen atoms in total. The Hall–Kier alpha value is -2.04. The van der Waals surface area contributed by atoms with Crippen molar-refractivity contribution in [1.82, 2.24) is 5.16 Å². The van der Waals surface area contributed by atoms with Crippen LogP contribution in [0.5, 0.6) is 0 Å². The van der Waals surface area contributed by atoms with Crippen LogP contribution in [-0.4, -0.2) is 5.16 Å². The molecule has 2 N–H and O–H groups in total. The van der Waals surface area contributed by atoms with Crippen molar-refractivity contribution >= 4 is 29.1 Å². The van der Waals surface area contributed by atoms with Crippen molar-refractivity contribution in [1.29, 1.82) is 0 Å². The first-order valence-electron chi connectivity index (χ1n) is 6.03. The maximum atomic E-state index is 14.2. The molecule has 0 aliphatic carbocycles. The summed E-state index contributed by atoms with van der Waals surface area (Å²) in [6, 6.07) is 11.6. The highest BCUT2D eigenvalue weighted by atomic mass is 35.5. The standard InChI is InChI=1S/C15H9Cl2FN2O/c16-9-4-1-3-8(7-9)12-14(20-21-15(12)19)10-5-2-6-11(17)13(10)18/h1-7H,19H2. The quantitative estimate of drug-likeness (QED) is 0.719. The highest BCUT2D eigenvalue weighted by Crippen LogP contribution is 2.38. The lowest BCUT2D eigenvalue weighted by atomic mass is 10.0. The molecule has 0 aliphatic rings. The van der Waals surface area contributed by atoms with Gasteiger partial charge in [-0.1, -0.05) is 46.6 Å². The first kappa shape index (κ1) is 13.9. The van der Waals surface area contributed by atoms with Crippen LogP contribution in [0, 0.1) is 5.82 Å². The summed E-state index contributed by atoms with van der Waals surface area (Å²) >= 11 is 11.8. The molecular weight excluding hydrogens is 314 g/mol. The molecule has 2 aromatic carbocycles. The molecule has 0 aliphatic heterocycles. The molecule has 0 spiro atoms. The van der Waals surface area contributed by atoms with Crippen LogP contribution < -0.4 is 5.73 Å². The highest BCUT2D eigenvalue weighted by molar-refractivity contribution is 6.31. The van der Waals surface area contributed by atoms with Crippen molar-refractivity contribution in [2.24, 2.45) is 0 Å². The van der Waals surface area contributed by atoms with Crippen LogP contribution in [-0.2, 0) is 0 Å². The molecule has 6 heteroatoms. The largest absolute Gasteiger partial charge is 0.367 e. The van der Waals surface area contributed by atoms with E-state index in [1.54, 1.807) is 36.4 Å². The minimum Gasteiger partial charge on any atom is -0.367 e. The average molecular weight is 323 g/mol. The van der Waals surface area contributed by atoms with Crippen molar-refractivity contribution in [2.75, 3.05) is 5.73 Å². The molecule has 0 unspecified atom stereocenters. The van der Waals surface area contributed by atoms with E-state index in [4.69, 9.17) is 33.5 Å². The van der Waals surface area contributed by atoms with Gasteiger partial charge in [0, 0.05) is 10.6 Å². The van der Waals surface area contributed by atoms with Crippen molar-refractivity contribution in [3.8, 4) is 22.4 Å². The van der Waals surface area contributed by atoms with Gasteiger partial charge in [-0.25, -0.2) is 4.39 Å². The Balaban J connectivity index is 2.24. The summed E-state index contributed by atoms with van der Waals surface area (Å²) in [5.41, 5.74) is 7.50. The Morgan fingerprint density at radius 2 is 1.86 bits per heavy atom. The predicted molar refractivity (Wildman–Crippen MR) is 81.8 cm³/mol. The maximum Gasteiger partial charge on any atom is 0.230 e. The molecule has 3 rings (SSSR count). The molecule has 0 saturated heterocycles. The summed E-state index contributed by atoms with van der Waals surface area (Å²) in [7, 11) is 0. The zero-order valence-corrected chi connectivity index (χ0v) is 12.1. The van der Waals surface area contributed by atoms with Crippen LogP contribution in [0.4, 0.5) is 10.3 Å². The van der Waals surface area contributed by atoms with Gasteiger partial charge in [0.2, 0.25) is 5.88 Å². The van der Waals surface area contributed by atoms with Crippen molar-refractivity contribution in [3.63, 3.8) is 0 Å². The third-order valence-corrected chi connectivity index (χ3v) is 3.57. The van der Waals surface area contributed by atoms with Gasteiger partial charge in [-0.2, -0.15) is 0 Å². The molecule has 106 valence electrons. The summed E-state index contributed by atoms with van der Waals surface area (Å²) in [4.78, 5) is 0. The smallest absolute Gasteiger partial charge is 0.230 e. The lowest BCUT2D eigenvalue weighted by Gasteiger charge is -2.05. The van der Waals surface area contributed by atoms with E-state index in [-0.39, 0.29) is 22.2 Å². The number of benzene rings is 2. The van der Waals surface area contributed by atoms with Crippen molar-refractivity contribution < 1.29 is 8.91 Å². The van der Waals surface area contributed by atoms with E-state index < -0.39 is 5.82 Å². The second-order valence-corrected chi connectivity index (χ2v) is 5.23. The lowest BCUT2D eigenvalue weighted by molar-refractivity contribution is 0.439. The molecule has 1 heterocycles. The third kappa shape index (κ3) is 2.48. The minimum absolute atomic E-state index is 0.00566. The number of halogens is 3. The topological polar surface area (TPSA) is 52.0 Å². The third-order valence-electron chi connectivity index (χ3n) is 3.04.